The quantitative estimate of drug-likeness (QED) is 0.0907. The molecule has 214 valence electrons. The molecule has 0 N–H and O–H groups in total. The van der Waals surface area contributed by atoms with Gasteiger partial charge in [0, 0.05) is 0 Å². The highest BCUT2D eigenvalue weighted by Gasteiger charge is 2.11. The largest absolute Gasteiger partial charge is 0.494 e. The number of benzene rings is 3. The minimum absolute atomic E-state index is 0.372. The Morgan fingerprint density at radius 1 is 0.500 bits per heavy atom. The van der Waals surface area contributed by atoms with Crippen molar-refractivity contribution in [1.82, 2.24) is 0 Å². The monoisotopic (exact) mass is 544 g/mol. The van der Waals surface area contributed by atoms with E-state index in [1.54, 1.807) is 48.5 Å². The Bertz CT molecular complexity index is 1040. The minimum atomic E-state index is -0.461. The van der Waals surface area contributed by atoms with E-state index in [2.05, 4.69) is 13.8 Å². The predicted molar refractivity (Wildman–Crippen MR) is 161 cm³/mol. The summed E-state index contributed by atoms with van der Waals surface area (Å²) in [6, 6.07) is 21.0. The van der Waals surface area contributed by atoms with Crippen LogP contribution in [0, 0.1) is 0 Å². The number of carbonyl (C=O) groups is 2. The number of rotatable bonds is 18. The van der Waals surface area contributed by atoms with Crippen LogP contribution >= 0.6 is 0 Å². The summed E-state index contributed by atoms with van der Waals surface area (Å²) in [4.78, 5) is 25.1. The smallest absolute Gasteiger partial charge is 0.343 e. The molecule has 0 aliphatic carbocycles. The van der Waals surface area contributed by atoms with E-state index in [0.717, 1.165) is 18.6 Å². The second-order valence-corrected chi connectivity index (χ2v) is 10.3. The van der Waals surface area contributed by atoms with Crippen LogP contribution in [0.2, 0.25) is 0 Å². The van der Waals surface area contributed by atoms with Crippen molar-refractivity contribution < 1.29 is 23.8 Å². The Morgan fingerprint density at radius 2 is 0.925 bits per heavy atom. The van der Waals surface area contributed by atoms with E-state index in [9.17, 15) is 9.59 Å². The number of unbranched alkanes of at least 4 members (excludes halogenated alkanes) is 9. The van der Waals surface area contributed by atoms with Crippen molar-refractivity contribution in [3.8, 4) is 17.2 Å². The lowest BCUT2D eigenvalue weighted by Crippen LogP contribution is -2.09. The highest BCUT2D eigenvalue weighted by molar-refractivity contribution is 5.92. The van der Waals surface area contributed by atoms with Gasteiger partial charge in [0.15, 0.2) is 0 Å². The summed E-state index contributed by atoms with van der Waals surface area (Å²) in [6.45, 7) is 5.11. The van der Waals surface area contributed by atoms with E-state index in [4.69, 9.17) is 14.2 Å². The van der Waals surface area contributed by atoms with E-state index >= 15 is 0 Å². The van der Waals surface area contributed by atoms with Crippen molar-refractivity contribution >= 4 is 11.9 Å². The number of ether oxygens (including phenoxy) is 3. The van der Waals surface area contributed by atoms with Gasteiger partial charge in [0.05, 0.1) is 17.7 Å². The van der Waals surface area contributed by atoms with Gasteiger partial charge in [-0.2, -0.15) is 0 Å². The topological polar surface area (TPSA) is 61.8 Å². The molecule has 0 amide bonds. The molecular formula is C35H44O5. The lowest BCUT2D eigenvalue weighted by Gasteiger charge is -2.09. The molecular weight excluding hydrogens is 500 g/mol. The summed E-state index contributed by atoms with van der Waals surface area (Å²) in [5.41, 5.74) is 2.18. The zero-order chi connectivity index (χ0) is 28.4. The molecule has 0 unspecified atom stereocenters. The molecule has 0 aliphatic heterocycles. The molecule has 0 radical (unpaired) electrons. The van der Waals surface area contributed by atoms with Crippen molar-refractivity contribution in [1.29, 1.82) is 0 Å². The van der Waals surface area contributed by atoms with Gasteiger partial charge in [0.25, 0.3) is 0 Å². The molecule has 3 aromatic carbocycles. The van der Waals surface area contributed by atoms with E-state index in [1.807, 2.05) is 24.3 Å². The van der Waals surface area contributed by atoms with Gasteiger partial charge in [0.2, 0.25) is 0 Å². The average molecular weight is 545 g/mol. The van der Waals surface area contributed by atoms with Crippen molar-refractivity contribution in [2.24, 2.45) is 0 Å². The third-order valence-corrected chi connectivity index (χ3v) is 6.86. The molecule has 0 saturated heterocycles. The van der Waals surface area contributed by atoms with Crippen LogP contribution in [0.3, 0.4) is 0 Å². The average Bonchev–Trinajstić information content (AvgIpc) is 2.98. The molecule has 0 fully saturated rings. The number of aryl methyl sites for hydroxylation is 1. The van der Waals surface area contributed by atoms with Crippen LogP contribution in [-0.2, 0) is 6.42 Å². The van der Waals surface area contributed by atoms with Crippen LogP contribution < -0.4 is 14.2 Å². The first kappa shape index (κ1) is 30.9. The van der Waals surface area contributed by atoms with Gasteiger partial charge in [0.1, 0.15) is 17.2 Å². The Labute approximate surface area is 239 Å². The van der Waals surface area contributed by atoms with Gasteiger partial charge >= 0.3 is 11.9 Å². The lowest BCUT2D eigenvalue weighted by atomic mass is 10.0. The summed E-state index contributed by atoms with van der Waals surface area (Å²) < 4.78 is 16.7. The second-order valence-electron chi connectivity index (χ2n) is 10.3. The lowest BCUT2D eigenvalue weighted by molar-refractivity contribution is 0.0719. The molecule has 0 saturated carbocycles. The second kappa shape index (κ2) is 17.9. The van der Waals surface area contributed by atoms with Crippen molar-refractivity contribution in [3.05, 3.63) is 89.5 Å². The Hall–Kier alpha value is -3.60. The molecule has 40 heavy (non-hydrogen) atoms. The third-order valence-electron chi connectivity index (χ3n) is 6.86. The zero-order valence-corrected chi connectivity index (χ0v) is 24.2. The maximum Gasteiger partial charge on any atom is 0.343 e. The van der Waals surface area contributed by atoms with Crippen molar-refractivity contribution in [2.45, 2.75) is 90.9 Å². The first-order chi connectivity index (χ1) is 19.6. The normalized spacial score (nSPS) is 10.8. The molecule has 0 aromatic heterocycles. The number of carbonyl (C=O) groups excluding carboxylic acids is 2. The molecule has 0 atom stereocenters. The summed E-state index contributed by atoms with van der Waals surface area (Å²) in [6.07, 6.45) is 14.5. The summed E-state index contributed by atoms with van der Waals surface area (Å²) in [5, 5.41) is 0. The minimum Gasteiger partial charge on any atom is -0.494 e. The molecule has 0 heterocycles. The molecule has 0 spiro atoms. The summed E-state index contributed by atoms with van der Waals surface area (Å²) >= 11 is 0. The number of esters is 2. The third kappa shape index (κ3) is 11.3. The van der Waals surface area contributed by atoms with Gasteiger partial charge in [-0.05, 0) is 85.5 Å². The van der Waals surface area contributed by atoms with E-state index in [1.165, 1.54) is 69.8 Å². The van der Waals surface area contributed by atoms with Crippen LogP contribution in [0.5, 0.6) is 17.2 Å². The fourth-order valence-corrected chi connectivity index (χ4v) is 4.41. The summed E-state index contributed by atoms with van der Waals surface area (Å²) in [7, 11) is 0. The van der Waals surface area contributed by atoms with Crippen LogP contribution in [0.25, 0.3) is 0 Å². The number of hydrogen-bond donors (Lipinski definition) is 0. The van der Waals surface area contributed by atoms with Crippen LogP contribution in [-0.4, -0.2) is 18.5 Å². The first-order valence-corrected chi connectivity index (χ1v) is 14.9. The van der Waals surface area contributed by atoms with Gasteiger partial charge in [-0.15, -0.1) is 0 Å². The first-order valence-electron chi connectivity index (χ1n) is 14.9. The maximum absolute atomic E-state index is 12.6. The van der Waals surface area contributed by atoms with Gasteiger partial charge in [-0.3, -0.25) is 0 Å². The summed E-state index contributed by atoms with van der Waals surface area (Å²) in [5.74, 6) is 0.620. The Kier molecular flexibility index (Phi) is 13.8. The molecule has 3 rings (SSSR count). The Morgan fingerprint density at radius 3 is 1.45 bits per heavy atom. The molecule has 5 nitrogen and oxygen atoms in total. The SMILES string of the molecule is CCCCCCCCc1ccc(C(=O)Oc2ccc(OC(=O)c3ccc(OCCCCCCC)cc3)cc2)cc1. The highest BCUT2D eigenvalue weighted by atomic mass is 16.5. The molecule has 3 aromatic rings. The van der Waals surface area contributed by atoms with E-state index in [0.29, 0.717) is 29.2 Å². The fourth-order valence-electron chi connectivity index (χ4n) is 4.41. The van der Waals surface area contributed by atoms with Crippen molar-refractivity contribution in [2.75, 3.05) is 6.61 Å². The maximum atomic E-state index is 12.6. The standard InChI is InChI=1S/C35H44O5/c1-3-5-7-9-10-12-14-28-15-17-29(18-16-28)34(36)39-32-23-25-33(26-24-32)40-35(37)30-19-21-31(22-20-30)38-27-13-11-8-6-4-2/h15-26H,3-14,27H2,1-2H3. The van der Waals surface area contributed by atoms with E-state index in [-0.39, 0.29) is 0 Å². The zero-order valence-electron chi connectivity index (χ0n) is 24.2. The molecule has 5 heteroatoms. The van der Waals surface area contributed by atoms with Crippen LogP contribution in [0.1, 0.15) is 111 Å². The van der Waals surface area contributed by atoms with Crippen LogP contribution in [0.15, 0.2) is 72.8 Å². The van der Waals surface area contributed by atoms with Gasteiger partial charge in [-0.25, -0.2) is 9.59 Å². The Balaban J connectivity index is 1.40. The van der Waals surface area contributed by atoms with E-state index < -0.39 is 11.9 Å². The molecule has 0 aliphatic rings. The molecule has 0 bridgehead atoms. The van der Waals surface area contributed by atoms with Gasteiger partial charge < -0.3 is 14.2 Å². The number of hydrogen-bond acceptors (Lipinski definition) is 5. The van der Waals surface area contributed by atoms with Crippen molar-refractivity contribution in [3.63, 3.8) is 0 Å². The van der Waals surface area contributed by atoms with Gasteiger partial charge in [-0.1, -0.05) is 83.8 Å². The fraction of sp³-hybridized carbons (Fsp3) is 0.429. The highest BCUT2D eigenvalue weighted by Crippen LogP contribution is 2.21. The van der Waals surface area contributed by atoms with Crippen LogP contribution in [0.4, 0.5) is 0 Å². The predicted octanol–water partition coefficient (Wildman–Crippen LogP) is 9.38.